The summed E-state index contributed by atoms with van der Waals surface area (Å²) in [6.07, 6.45) is 0.897. The van der Waals surface area contributed by atoms with Crippen molar-refractivity contribution < 1.29 is 9.90 Å². The minimum Gasteiger partial charge on any atom is -0.442 e. The first-order valence-corrected chi connectivity index (χ1v) is 9.48. The summed E-state index contributed by atoms with van der Waals surface area (Å²) < 4.78 is 0. The van der Waals surface area contributed by atoms with Gasteiger partial charge in [-0.2, -0.15) is 0 Å². The molecule has 0 aromatic heterocycles. The Morgan fingerprint density at radius 3 is 1.32 bits per heavy atom. The van der Waals surface area contributed by atoms with E-state index in [1.807, 2.05) is 30.3 Å². The van der Waals surface area contributed by atoms with Crippen molar-refractivity contribution in [1.82, 2.24) is 0 Å². The maximum absolute atomic E-state index is 9.92. The van der Waals surface area contributed by atoms with E-state index >= 15 is 0 Å². The van der Waals surface area contributed by atoms with Crippen molar-refractivity contribution in [2.75, 3.05) is 6.61 Å². The average molecular weight is 351 g/mol. The van der Waals surface area contributed by atoms with Crippen LogP contribution in [0.5, 0.6) is 0 Å². The molecule has 3 aromatic carbocycles. The second kappa shape index (κ2) is 10.6. The van der Waals surface area contributed by atoms with E-state index in [1.165, 1.54) is 16.7 Å². The highest BCUT2D eigenvalue weighted by atomic mass is 28.2. The smallest absolute Gasteiger partial charge is 0.141 e. The van der Waals surface area contributed by atoms with Gasteiger partial charge in [-0.3, -0.25) is 0 Å². The molecule has 0 saturated carbocycles. The van der Waals surface area contributed by atoms with Gasteiger partial charge in [0, 0.05) is 18.4 Å². The van der Waals surface area contributed by atoms with E-state index in [-0.39, 0.29) is 18.4 Å². The molecule has 0 radical (unpaired) electrons. The van der Waals surface area contributed by atoms with Crippen molar-refractivity contribution in [2.45, 2.75) is 18.3 Å². The summed E-state index contributed by atoms with van der Waals surface area (Å²) in [7, 11) is 0.306. The Kier molecular flexibility index (Phi) is 8.12. The highest BCUT2D eigenvalue weighted by Crippen LogP contribution is 2.34. The fourth-order valence-electron chi connectivity index (χ4n) is 3.16. The topological polar surface area (TPSA) is 40.5 Å². The van der Waals surface area contributed by atoms with Crippen LogP contribution >= 0.6 is 0 Å². The molecule has 25 heavy (non-hydrogen) atoms. The van der Waals surface area contributed by atoms with Crippen molar-refractivity contribution >= 4 is 10.5 Å². The summed E-state index contributed by atoms with van der Waals surface area (Å²) in [5.41, 5.74) is 3.80. The van der Waals surface area contributed by atoms with E-state index in [2.05, 4.69) is 60.7 Å². The molecule has 1 atom stereocenters. The zero-order chi connectivity index (χ0) is 17.9. The average Bonchev–Trinajstić information content (AvgIpc) is 2.72. The van der Waals surface area contributed by atoms with E-state index in [0.29, 0.717) is 10.5 Å². The summed E-state index contributed by atoms with van der Waals surface area (Å²) in [6, 6.07) is 31.5. The Labute approximate surface area is 153 Å². The quantitative estimate of drug-likeness (QED) is 0.670. The third kappa shape index (κ3) is 5.39. The van der Waals surface area contributed by atoms with Crippen LogP contribution in [-0.2, 0) is 0 Å². The van der Waals surface area contributed by atoms with Gasteiger partial charge in [0.2, 0.25) is 0 Å². The molecule has 0 amide bonds. The molecule has 3 aromatic rings. The molecule has 2 nitrogen and oxygen atoms in total. The van der Waals surface area contributed by atoms with Gasteiger partial charge in [-0.25, -0.2) is 0 Å². The zero-order valence-corrected chi connectivity index (χ0v) is 16.6. The molecular formula is C22H26O2Si. The largest absolute Gasteiger partial charge is 0.442 e. The lowest BCUT2D eigenvalue weighted by Crippen LogP contribution is -2.11. The lowest BCUT2D eigenvalue weighted by molar-refractivity contribution is 0.256. The summed E-state index contributed by atoms with van der Waals surface area (Å²) in [5.74, 6) is 0.427. The minimum atomic E-state index is 0.140. The maximum atomic E-state index is 9.92. The molecule has 0 spiro atoms. The number of aliphatic hydroxyl groups is 1. The predicted molar refractivity (Wildman–Crippen MR) is 108 cm³/mol. The molecule has 0 bridgehead atoms. The second-order valence-corrected chi connectivity index (χ2v) is 5.90. The first-order chi connectivity index (χ1) is 12.4. The highest BCUT2D eigenvalue weighted by molar-refractivity contribution is 5.95. The number of rotatable bonds is 6. The summed E-state index contributed by atoms with van der Waals surface area (Å²) >= 11 is 0. The Balaban J connectivity index is 0.00000109. The number of hydrogen-bond acceptors (Lipinski definition) is 2. The van der Waals surface area contributed by atoms with E-state index in [1.54, 1.807) is 0 Å². The molecule has 0 aliphatic rings. The molecular weight excluding hydrogens is 324 g/mol. The molecule has 130 valence electrons. The monoisotopic (exact) mass is 350 g/mol. The van der Waals surface area contributed by atoms with Gasteiger partial charge in [0.25, 0.3) is 0 Å². The normalized spacial score (nSPS) is 11.6. The standard InChI is InChI=1S/C22H22O.H4OSi/c23-17-21(18-10-4-1-5-11-18)16-22(19-12-6-2-7-13-19)20-14-8-3-9-15-20;1-2/h1-15,21-23H,16-17H2;1H,2H3. The molecule has 0 saturated heterocycles. The van der Waals surface area contributed by atoms with Crippen molar-refractivity contribution in [3.05, 3.63) is 108 Å². The van der Waals surface area contributed by atoms with Crippen molar-refractivity contribution in [3.63, 3.8) is 0 Å². The van der Waals surface area contributed by atoms with Crippen LogP contribution in [0.25, 0.3) is 0 Å². The van der Waals surface area contributed by atoms with Crippen LogP contribution < -0.4 is 0 Å². The van der Waals surface area contributed by atoms with Crippen molar-refractivity contribution in [3.8, 4) is 0 Å². The molecule has 0 aliphatic carbocycles. The van der Waals surface area contributed by atoms with Gasteiger partial charge in [0.1, 0.15) is 10.5 Å². The first kappa shape index (κ1) is 19.1. The minimum absolute atomic E-state index is 0.140. The van der Waals surface area contributed by atoms with E-state index in [4.69, 9.17) is 4.80 Å². The summed E-state index contributed by atoms with van der Waals surface area (Å²) in [4.78, 5) is 7.14. The van der Waals surface area contributed by atoms with Crippen molar-refractivity contribution in [2.24, 2.45) is 0 Å². The molecule has 2 N–H and O–H groups in total. The van der Waals surface area contributed by atoms with Gasteiger partial charge in [0.05, 0.1) is 0 Å². The van der Waals surface area contributed by atoms with Gasteiger partial charge in [0.15, 0.2) is 0 Å². The second-order valence-electron chi connectivity index (χ2n) is 5.90. The first-order valence-electron chi connectivity index (χ1n) is 8.59. The highest BCUT2D eigenvalue weighted by Gasteiger charge is 2.20. The van der Waals surface area contributed by atoms with Crippen LogP contribution in [0, 0.1) is 0 Å². The molecule has 0 fully saturated rings. The summed E-state index contributed by atoms with van der Waals surface area (Å²) in [5, 5.41) is 9.92. The fourth-order valence-corrected chi connectivity index (χ4v) is 3.16. The SMILES string of the molecule is OCC(CC(c1ccccc1)c1ccccc1)c1ccccc1.O[SiH3]. The van der Waals surface area contributed by atoms with E-state index in [9.17, 15) is 5.11 Å². The molecule has 0 heterocycles. The predicted octanol–water partition coefficient (Wildman–Crippen LogP) is 3.24. The van der Waals surface area contributed by atoms with Crippen LogP contribution in [0.4, 0.5) is 0 Å². The van der Waals surface area contributed by atoms with Gasteiger partial charge in [-0.05, 0) is 23.1 Å². The fraction of sp³-hybridized carbons (Fsp3) is 0.182. The number of aliphatic hydroxyl groups excluding tert-OH is 1. The van der Waals surface area contributed by atoms with Crippen LogP contribution in [0.15, 0.2) is 91.0 Å². The number of benzene rings is 3. The summed E-state index contributed by atoms with van der Waals surface area (Å²) in [6.45, 7) is 0.167. The lowest BCUT2D eigenvalue weighted by atomic mass is 9.81. The van der Waals surface area contributed by atoms with Crippen LogP contribution in [0.3, 0.4) is 0 Å². The van der Waals surface area contributed by atoms with Gasteiger partial charge < -0.3 is 9.90 Å². The maximum Gasteiger partial charge on any atom is 0.141 e. The molecule has 3 heteroatoms. The zero-order valence-electron chi connectivity index (χ0n) is 14.6. The third-order valence-corrected chi connectivity index (χ3v) is 4.42. The Morgan fingerprint density at radius 1 is 0.600 bits per heavy atom. The lowest BCUT2D eigenvalue weighted by Gasteiger charge is -2.23. The molecule has 1 unspecified atom stereocenters. The van der Waals surface area contributed by atoms with E-state index in [0.717, 1.165) is 6.42 Å². The van der Waals surface area contributed by atoms with Crippen LogP contribution in [0.2, 0.25) is 0 Å². The molecule has 0 aliphatic heterocycles. The third-order valence-electron chi connectivity index (χ3n) is 4.42. The van der Waals surface area contributed by atoms with Gasteiger partial charge in [-0.1, -0.05) is 91.0 Å². The Hall–Kier alpha value is -2.20. The van der Waals surface area contributed by atoms with Crippen LogP contribution in [0.1, 0.15) is 34.9 Å². The Bertz CT molecular complexity index is 662. The van der Waals surface area contributed by atoms with Crippen molar-refractivity contribution in [1.29, 1.82) is 0 Å². The van der Waals surface area contributed by atoms with E-state index < -0.39 is 0 Å². The van der Waals surface area contributed by atoms with Crippen LogP contribution in [-0.4, -0.2) is 27.0 Å². The Morgan fingerprint density at radius 2 is 0.960 bits per heavy atom. The molecule has 3 rings (SSSR count). The number of hydrogen-bond donors (Lipinski definition) is 2. The van der Waals surface area contributed by atoms with Gasteiger partial charge in [-0.15, -0.1) is 0 Å². The van der Waals surface area contributed by atoms with Gasteiger partial charge >= 0.3 is 0 Å².